The summed E-state index contributed by atoms with van der Waals surface area (Å²) in [7, 11) is 2.47. The van der Waals surface area contributed by atoms with Gasteiger partial charge in [-0.3, -0.25) is 4.79 Å². The Morgan fingerprint density at radius 1 is 1.25 bits per heavy atom. The third-order valence-corrected chi connectivity index (χ3v) is 2.77. The van der Waals surface area contributed by atoms with Gasteiger partial charge in [-0.1, -0.05) is 6.07 Å². The normalized spacial score (nSPS) is 13.4. The average molecular weight is 284 g/mol. The zero-order chi connectivity index (χ0) is 15.3. The van der Waals surface area contributed by atoms with Gasteiger partial charge >= 0.3 is 11.9 Å². The molecule has 1 aromatic carbocycles. The number of carbonyl (C=O) groups excluding carboxylic acids is 1. The van der Waals surface area contributed by atoms with Gasteiger partial charge in [0, 0.05) is 0 Å². The minimum atomic E-state index is -1.36. The van der Waals surface area contributed by atoms with Gasteiger partial charge in [0.2, 0.25) is 0 Å². The number of hydrogen-bond acceptors (Lipinski definition) is 6. The number of aliphatic hydroxyl groups excluding tert-OH is 2. The van der Waals surface area contributed by atoms with E-state index in [4.69, 9.17) is 9.84 Å². The molecule has 0 spiro atoms. The fraction of sp³-hybridized carbons (Fsp3) is 0.385. The summed E-state index contributed by atoms with van der Waals surface area (Å²) in [6.07, 6.45) is -3.09. The molecular formula is C13H16O7. The maximum Gasteiger partial charge on any atom is 0.339 e. The second kappa shape index (κ2) is 6.88. The molecule has 0 aromatic heterocycles. The first-order valence-electron chi connectivity index (χ1n) is 5.74. The van der Waals surface area contributed by atoms with Crippen LogP contribution >= 0.6 is 0 Å². The smallest absolute Gasteiger partial charge is 0.339 e. The molecule has 0 saturated carbocycles. The number of methoxy groups -OCH3 is 2. The second-order valence-corrected chi connectivity index (χ2v) is 4.06. The van der Waals surface area contributed by atoms with E-state index in [0.29, 0.717) is 0 Å². The quantitative estimate of drug-likeness (QED) is 0.646. The largest absolute Gasteiger partial charge is 0.496 e. The van der Waals surface area contributed by atoms with Gasteiger partial charge in [-0.25, -0.2) is 4.79 Å². The van der Waals surface area contributed by atoms with Crippen molar-refractivity contribution < 1.29 is 34.4 Å². The van der Waals surface area contributed by atoms with E-state index in [9.17, 15) is 19.8 Å². The highest BCUT2D eigenvalue weighted by molar-refractivity contribution is 5.91. The van der Waals surface area contributed by atoms with Crippen molar-refractivity contribution in [1.82, 2.24) is 0 Å². The SMILES string of the molecule is COC(=O)CC(O)C(O)c1ccc(C(=O)O)c(OC)c1. The second-order valence-electron chi connectivity index (χ2n) is 4.06. The number of carboxylic acids is 1. The molecule has 20 heavy (non-hydrogen) atoms. The molecule has 7 nitrogen and oxygen atoms in total. The summed E-state index contributed by atoms with van der Waals surface area (Å²) in [5.74, 6) is -1.78. The summed E-state index contributed by atoms with van der Waals surface area (Å²) in [6.45, 7) is 0. The van der Waals surface area contributed by atoms with Gasteiger partial charge in [0.1, 0.15) is 17.4 Å². The molecule has 0 bridgehead atoms. The first-order valence-corrected chi connectivity index (χ1v) is 5.74. The van der Waals surface area contributed by atoms with Crippen molar-refractivity contribution in [3.05, 3.63) is 29.3 Å². The predicted octanol–water partition coefficient (Wildman–Crippen LogP) is 0.351. The van der Waals surface area contributed by atoms with Crippen molar-refractivity contribution in [2.75, 3.05) is 14.2 Å². The third kappa shape index (κ3) is 3.69. The highest BCUT2D eigenvalue weighted by atomic mass is 16.5. The number of aliphatic hydroxyl groups is 2. The number of carbonyl (C=O) groups is 2. The van der Waals surface area contributed by atoms with Crippen molar-refractivity contribution in [3.8, 4) is 5.75 Å². The summed E-state index contributed by atoms with van der Waals surface area (Å²) < 4.78 is 9.30. The van der Waals surface area contributed by atoms with Crippen LogP contribution in [0.3, 0.4) is 0 Å². The van der Waals surface area contributed by atoms with E-state index in [1.165, 1.54) is 32.4 Å². The molecule has 0 aliphatic heterocycles. The number of esters is 1. The first kappa shape index (κ1) is 15.9. The Kier molecular flexibility index (Phi) is 5.48. The van der Waals surface area contributed by atoms with Crippen LogP contribution in [0.1, 0.15) is 28.4 Å². The number of ether oxygens (including phenoxy) is 2. The molecule has 3 N–H and O–H groups in total. The number of rotatable bonds is 6. The van der Waals surface area contributed by atoms with Crippen LogP contribution in [0.25, 0.3) is 0 Å². The number of benzene rings is 1. The Balaban J connectivity index is 2.96. The summed E-state index contributed by atoms with van der Waals surface area (Å²) in [5, 5.41) is 28.6. The molecular weight excluding hydrogens is 268 g/mol. The van der Waals surface area contributed by atoms with E-state index in [1.54, 1.807) is 0 Å². The summed E-state index contributed by atoms with van der Waals surface area (Å²) in [5.41, 5.74) is 0.175. The molecule has 110 valence electrons. The Hall–Kier alpha value is -2.12. The van der Waals surface area contributed by atoms with Crippen LogP contribution in [0.5, 0.6) is 5.75 Å². The lowest BCUT2D eigenvalue weighted by Gasteiger charge is -2.18. The molecule has 1 rings (SSSR count). The third-order valence-electron chi connectivity index (χ3n) is 2.77. The maximum atomic E-state index is 11.0. The number of aromatic carboxylic acids is 1. The van der Waals surface area contributed by atoms with Gasteiger partial charge < -0.3 is 24.8 Å². The minimum Gasteiger partial charge on any atom is -0.496 e. The zero-order valence-corrected chi connectivity index (χ0v) is 11.1. The van der Waals surface area contributed by atoms with E-state index in [2.05, 4.69) is 4.74 Å². The average Bonchev–Trinajstić information content (AvgIpc) is 2.45. The molecule has 0 fully saturated rings. The Labute approximate surface area is 115 Å². The van der Waals surface area contributed by atoms with Crippen LogP contribution in [0.2, 0.25) is 0 Å². The van der Waals surface area contributed by atoms with E-state index < -0.39 is 24.1 Å². The van der Waals surface area contributed by atoms with Crippen molar-refractivity contribution in [3.63, 3.8) is 0 Å². The predicted molar refractivity (Wildman–Crippen MR) is 67.6 cm³/mol. The van der Waals surface area contributed by atoms with Crippen LogP contribution < -0.4 is 4.74 Å². The van der Waals surface area contributed by atoms with Crippen LogP contribution in [-0.4, -0.2) is 47.6 Å². The van der Waals surface area contributed by atoms with E-state index in [-0.39, 0.29) is 23.3 Å². The fourth-order valence-corrected chi connectivity index (χ4v) is 1.66. The highest BCUT2D eigenvalue weighted by Crippen LogP contribution is 2.26. The zero-order valence-electron chi connectivity index (χ0n) is 11.1. The van der Waals surface area contributed by atoms with Gasteiger partial charge in [0.25, 0.3) is 0 Å². The molecule has 2 atom stereocenters. The molecule has 0 aliphatic carbocycles. The first-order chi connectivity index (χ1) is 9.40. The van der Waals surface area contributed by atoms with Crippen LogP contribution in [0.15, 0.2) is 18.2 Å². The van der Waals surface area contributed by atoms with E-state index >= 15 is 0 Å². The van der Waals surface area contributed by atoms with Gasteiger partial charge in [0.05, 0.1) is 26.7 Å². The Bertz CT molecular complexity index is 497. The van der Waals surface area contributed by atoms with Crippen molar-refractivity contribution >= 4 is 11.9 Å². The monoisotopic (exact) mass is 284 g/mol. The molecule has 0 radical (unpaired) electrons. The molecule has 0 amide bonds. The Morgan fingerprint density at radius 2 is 1.90 bits per heavy atom. The summed E-state index contributed by atoms with van der Waals surface area (Å²) >= 11 is 0. The van der Waals surface area contributed by atoms with Crippen LogP contribution in [-0.2, 0) is 9.53 Å². The lowest BCUT2D eigenvalue weighted by molar-refractivity contribution is -0.144. The van der Waals surface area contributed by atoms with Crippen molar-refractivity contribution in [1.29, 1.82) is 0 Å². The maximum absolute atomic E-state index is 11.0. The molecule has 0 heterocycles. The van der Waals surface area contributed by atoms with Gasteiger partial charge in [0.15, 0.2) is 0 Å². The van der Waals surface area contributed by atoms with Crippen molar-refractivity contribution in [2.24, 2.45) is 0 Å². The number of hydrogen-bond donors (Lipinski definition) is 3. The summed E-state index contributed by atoms with van der Waals surface area (Å²) in [6, 6.07) is 3.90. The summed E-state index contributed by atoms with van der Waals surface area (Å²) in [4.78, 5) is 22.0. The molecule has 1 aromatic rings. The van der Waals surface area contributed by atoms with Gasteiger partial charge in [-0.15, -0.1) is 0 Å². The molecule has 2 unspecified atom stereocenters. The topological polar surface area (TPSA) is 113 Å². The standard InChI is InChI=1S/C13H16O7/c1-19-10-5-7(3-4-8(10)13(17)18)12(16)9(14)6-11(15)20-2/h3-5,9,12,14,16H,6H2,1-2H3,(H,17,18). The minimum absolute atomic E-state index is 0.0549. The molecule has 0 aliphatic rings. The lowest BCUT2D eigenvalue weighted by Crippen LogP contribution is -2.22. The van der Waals surface area contributed by atoms with E-state index in [0.717, 1.165) is 0 Å². The van der Waals surface area contributed by atoms with Crippen LogP contribution in [0, 0.1) is 0 Å². The van der Waals surface area contributed by atoms with E-state index in [1.807, 2.05) is 0 Å². The molecule has 7 heteroatoms. The Morgan fingerprint density at radius 3 is 2.40 bits per heavy atom. The van der Waals surface area contributed by atoms with Gasteiger partial charge in [-0.2, -0.15) is 0 Å². The highest BCUT2D eigenvalue weighted by Gasteiger charge is 2.23. The van der Waals surface area contributed by atoms with Crippen LogP contribution in [0.4, 0.5) is 0 Å². The fourth-order valence-electron chi connectivity index (χ4n) is 1.66. The number of carboxylic acid groups (broad SMARTS) is 1. The lowest BCUT2D eigenvalue weighted by atomic mass is 10.00. The van der Waals surface area contributed by atoms with Gasteiger partial charge in [-0.05, 0) is 17.7 Å². The van der Waals surface area contributed by atoms with Crippen molar-refractivity contribution in [2.45, 2.75) is 18.6 Å². The molecule has 0 saturated heterocycles.